The van der Waals surface area contributed by atoms with E-state index in [4.69, 9.17) is 5.73 Å². The van der Waals surface area contributed by atoms with E-state index in [0.29, 0.717) is 25.9 Å². The molecule has 1 fully saturated rings. The van der Waals surface area contributed by atoms with Gasteiger partial charge in [0.25, 0.3) is 0 Å². The van der Waals surface area contributed by atoms with Gasteiger partial charge in [-0.25, -0.2) is 8.42 Å². The Labute approximate surface area is 104 Å². The van der Waals surface area contributed by atoms with E-state index in [1.807, 2.05) is 6.92 Å². The molecule has 5 nitrogen and oxygen atoms in total. The topological polar surface area (TPSA) is 83.6 Å². The van der Waals surface area contributed by atoms with Gasteiger partial charge in [-0.15, -0.1) is 0 Å². The monoisotopic (exact) mass is 264 g/mol. The molecule has 102 valence electrons. The number of hydrogen-bond acceptors (Lipinski definition) is 5. The van der Waals surface area contributed by atoms with Crippen LogP contribution in [0.4, 0.5) is 0 Å². The Balaban J connectivity index is 2.24. The minimum Gasteiger partial charge on any atom is -0.389 e. The zero-order valence-corrected chi connectivity index (χ0v) is 11.4. The molecule has 0 bridgehead atoms. The Morgan fingerprint density at radius 1 is 1.35 bits per heavy atom. The average Bonchev–Trinajstić information content (AvgIpc) is 2.31. The molecule has 0 amide bonds. The maximum atomic E-state index is 11.2. The minimum atomic E-state index is -2.79. The Morgan fingerprint density at radius 2 is 1.94 bits per heavy atom. The van der Waals surface area contributed by atoms with Crippen molar-refractivity contribution in [2.45, 2.75) is 31.8 Å². The molecule has 3 N–H and O–H groups in total. The van der Waals surface area contributed by atoms with Gasteiger partial charge < -0.3 is 15.7 Å². The summed E-state index contributed by atoms with van der Waals surface area (Å²) in [7, 11) is -2.79. The molecule has 1 aliphatic rings. The van der Waals surface area contributed by atoms with E-state index in [1.54, 1.807) is 0 Å². The Morgan fingerprint density at radius 3 is 2.41 bits per heavy atom. The van der Waals surface area contributed by atoms with Crippen LogP contribution in [0.3, 0.4) is 0 Å². The van der Waals surface area contributed by atoms with Crippen molar-refractivity contribution >= 4 is 9.84 Å². The minimum absolute atomic E-state index is 0.266. The molecule has 0 radical (unpaired) electrons. The predicted octanol–water partition coefficient (Wildman–Crippen LogP) is -0.403. The smallest absolute Gasteiger partial charge is 0.152 e. The fraction of sp³-hybridized carbons (Fsp3) is 1.00. The number of rotatable bonds is 6. The van der Waals surface area contributed by atoms with Gasteiger partial charge in [-0.3, -0.25) is 0 Å². The first kappa shape index (κ1) is 14.9. The highest BCUT2D eigenvalue weighted by Gasteiger charge is 2.24. The number of hydrogen-bond donors (Lipinski definition) is 2. The van der Waals surface area contributed by atoms with Gasteiger partial charge in [-0.2, -0.15) is 0 Å². The van der Waals surface area contributed by atoms with E-state index >= 15 is 0 Å². The summed E-state index contributed by atoms with van der Waals surface area (Å²) in [6, 6.07) is 0. The summed E-state index contributed by atoms with van der Waals surface area (Å²) in [5.74, 6) is 0.532. The van der Waals surface area contributed by atoms with E-state index in [2.05, 4.69) is 4.90 Å². The van der Waals surface area contributed by atoms with Crippen LogP contribution in [0.1, 0.15) is 26.2 Å². The highest BCUT2D eigenvalue weighted by molar-refractivity contribution is 7.91. The zero-order valence-electron chi connectivity index (χ0n) is 10.6. The van der Waals surface area contributed by atoms with E-state index < -0.39 is 15.4 Å². The van der Waals surface area contributed by atoms with Crippen LogP contribution in [0.25, 0.3) is 0 Å². The first-order valence-electron chi connectivity index (χ1n) is 6.26. The lowest BCUT2D eigenvalue weighted by Gasteiger charge is -2.29. The van der Waals surface area contributed by atoms with E-state index in [-0.39, 0.29) is 18.1 Å². The van der Waals surface area contributed by atoms with Crippen molar-refractivity contribution in [3.8, 4) is 0 Å². The van der Waals surface area contributed by atoms with Gasteiger partial charge in [0.2, 0.25) is 0 Å². The van der Waals surface area contributed by atoms with Crippen molar-refractivity contribution in [3.63, 3.8) is 0 Å². The van der Waals surface area contributed by atoms with Crippen molar-refractivity contribution in [2.75, 3.05) is 37.7 Å². The summed E-state index contributed by atoms with van der Waals surface area (Å²) in [6.45, 7) is 4.31. The summed E-state index contributed by atoms with van der Waals surface area (Å²) in [5.41, 5.74) is 4.78. The summed E-state index contributed by atoms with van der Waals surface area (Å²) in [4.78, 5) is 2.15. The molecule has 0 aromatic carbocycles. The molecule has 17 heavy (non-hydrogen) atoms. The normalized spacial score (nSPS) is 24.4. The van der Waals surface area contributed by atoms with Crippen LogP contribution >= 0.6 is 0 Å². The molecule has 0 aromatic rings. The Hall–Kier alpha value is -0.170. The first-order chi connectivity index (χ1) is 7.91. The van der Waals surface area contributed by atoms with Gasteiger partial charge in [-0.1, -0.05) is 6.92 Å². The molecule has 1 saturated heterocycles. The third-order valence-electron chi connectivity index (χ3n) is 3.59. The highest BCUT2D eigenvalue weighted by atomic mass is 32.2. The molecule has 0 aromatic heterocycles. The second kappa shape index (κ2) is 6.13. The molecule has 0 spiro atoms. The Bertz CT molecular complexity index is 312. The fourth-order valence-corrected chi connectivity index (χ4v) is 3.31. The second-order valence-electron chi connectivity index (χ2n) is 4.88. The van der Waals surface area contributed by atoms with Crippen molar-refractivity contribution in [1.29, 1.82) is 0 Å². The van der Waals surface area contributed by atoms with Crippen LogP contribution in [-0.4, -0.2) is 61.7 Å². The second-order valence-corrected chi connectivity index (χ2v) is 7.18. The van der Waals surface area contributed by atoms with Gasteiger partial charge >= 0.3 is 0 Å². The average molecular weight is 264 g/mol. The molecule has 1 unspecified atom stereocenters. The van der Waals surface area contributed by atoms with Crippen LogP contribution in [0.5, 0.6) is 0 Å². The first-order valence-corrected chi connectivity index (χ1v) is 8.08. The maximum absolute atomic E-state index is 11.2. The zero-order chi connectivity index (χ0) is 12.9. The molecule has 0 aliphatic carbocycles. The lowest BCUT2D eigenvalue weighted by atomic mass is 9.95. The standard InChI is InChI=1S/C11H24N2O3S/c1-2-11(14,10-12)4-3-5-13-6-8-17(15,16)9-7-13/h14H,2-10,12H2,1H3. The number of nitrogens with zero attached hydrogens (tertiary/aromatic N) is 1. The third-order valence-corrected chi connectivity index (χ3v) is 5.20. The van der Waals surface area contributed by atoms with E-state index in [1.165, 1.54) is 0 Å². The summed E-state index contributed by atoms with van der Waals surface area (Å²) >= 11 is 0. The van der Waals surface area contributed by atoms with E-state index in [0.717, 1.165) is 13.0 Å². The van der Waals surface area contributed by atoms with Gasteiger partial charge in [0.05, 0.1) is 17.1 Å². The molecule has 1 aliphatic heterocycles. The molecule has 0 saturated carbocycles. The maximum Gasteiger partial charge on any atom is 0.152 e. The molecule has 1 atom stereocenters. The predicted molar refractivity (Wildman–Crippen MR) is 68.6 cm³/mol. The van der Waals surface area contributed by atoms with Crippen molar-refractivity contribution in [2.24, 2.45) is 5.73 Å². The lowest BCUT2D eigenvalue weighted by Crippen LogP contribution is -2.42. The van der Waals surface area contributed by atoms with Crippen LogP contribution < -0.4 is 5.73 Å². The number of aliphatic hydroxyl groups is 1. The van der Waals surface area contributed by atoms with E-state index in [9.17, 15) is 13.5 Å². The Kier molecular flexibility index (Phi) is 5.37. The summed E-state index contributed by atoms with van der Waals surface area (Å²) in [5, 5.41) is 10.0. The molecular formula is C11H24N2O3S. The van der Waals surface area contributed by atoms with Gasteiger partial charge in [-0.05, 0) is 25.8 Å². The van der Waals surface area contributed by atoms with Gasteiger partial charge in [0, 0.05) is 19.6 Å². The van der Waals surface area contributed by atoms with Gasteiger partial charge in [0.1, 0.15) is 0 Å². The van der Waals surface area contributed by atoms with Crippen molar-refractivity contribution in [3.05, 3.63) is 0 Å². The summed E-state index contributed by atoms with van der Waals surface area (Å²) in [6.07, 6.45) is 2.21. The van der Waals surface area contributed by atoms with Crippen LogP contribution in [-0.2, 0) is 9.84 Å². The summed E-state index contributed by atoms with van der Waals surface area (Å²) < 4.78 is 22.5. The fourth-order valence-electron chi connectivity index (χ4n) is 2.03. The van der Waals surface area contributed by atoms with Crippen molar-refractivity contribution < 1.29 is 13.5 Å². The van der Waals surface area contributed by atoms with Crippen LogP contribution in [0.2, 0.25) is 0 Å². The SMILES string of the molecule is CCC(O)(CN)CCCN1CCS(=O)(=O)CC1. The number of nitrogens with two attached hydrogens (primary N) is 1. The van der Waals surface area contributed by atoms with Crippen molar-refractivity contribution in [1.82, 2.24) is 4.90 Å². The molecular weight excluding hydrogens is 240 g/mol. The van der Waals surface area contributed by atoms with Crippen LogP contribution in [0.15, 0.2) is 0 Å². The van der Waals surface area contributed by atoms with Crippen LogP contribution in [0, 0.1) is 0 Å². The molecule has 1 rings (SSSR count). The molecule has 6 heteroatoms. The highest BCUT2D eigenvalue weighted by Crippen LogP contribution is 2.16. The largest absolute Gasteiger partial charge is 0.389 e. The third kappa shape index (κ3) is 4.91. The molecule has 1 heterocycles. The lowest BCUT2D eigenvalue weighted by molar-refractivity contribution is 0.0318. The number of sulfone groups is 1. The quantitative estimate of drug-likeness (QED) is 0.682. The van der Waals surface area contributed by atoms with Gasteiger partial charge in [0.15, 0.2) is 9.84 Å².